The lowest BCUT2D eigenvalue weighted by atomic mass is 10.0. The van der Waals surface area contributed by atoms with Crippen molar-refractivity contribution in [2.45, 2.75) is 19.4 Å². The summed E-state index contributed by atoms with van der Waals surface area (Å²) in [6.45, 7) is 10.4. The summed E-state index contributed by atoms with van der Waals surface area (Å²) in [5.41, 5.74) is 8.59. The summed E-state index contributed by atoms with van der Waals surface area (Å²) >= 11 is 0. The fraction of sp³-hybridized carbons (Fsp3) is 0.318. The first kappa shape index (κ1) is 21.5. The number of benzene rings is 2. The Morgan fingerprint density at radius 1 is 1.29 bits per heavy atom. The summed E-state index contributed by atoms with van der Waals surface area (Å²) < 4.78 is 0. The second-order valence-corrected chi connectivity index (χ2v) is 6.96. The van der Waals surface area contributed by atoms with Crippen molar-refractivity contribution in [1.82, 2.24) is 10.2 Å². The van der Waals surface area contributed by atoms with Crippen LogP contribution in [0.1, 0.15) is 23.6 Å². The van der Waals surface area contributed by atoms with Gasteiger partial charge in [-0.3, -0.25) is 4.90 Å². The molecule has 2 aromatic rings. The zero-order chi connectivity index (χ0) is 20.4. The first-order valence-electron chi connectivity index (χ1n) is 9.49. The van der Waals surface area contributed by atoms with Gasteiger partial charge in [0.05, 0.1) is 0 Å². The van der Waals surface area contributed by atoms with Crippen molar-refractivity contribution in [3.63, 3.8) is 0 Å². The molecule has 0 amide bonds. The lowest BCUT2D eigenvalue weighted by Crippen LogP contribution is -2.49. The van der Waals surface area contributed by atoms with Crippen LogP contribution in [0.5, 0.6) is 5.75 Å². The number of piperazine rings is 1. The Hall–Kier alpha value is -2.83. The molecule has 1 aliphatic rings. The first-order valence-corrected chi connectivity index (χ1v) is 9.49. The lowest BCUT2D eigenvalue weighted by Gasteiger charge is -2.30. The molecule has 0 aliphatic carbocycles. The molecule has 0 aromatic heterocycles. The van der Waals surface area contributed by atoms with E-state index in [2.05, 4.69) is 28.8 Å². The van der Waals surface area contributed by atoms with Crippen LogP contribution in [0.4, 0.5) is 0 Å². The standard InChI is InChI=1S/C14H15N3O.C8H16N2/c15-14(17-16)12-5-1-3-10(8-12)7-11-4-2-6-13(18)9-11;1-3-5-10-6-4-9-8(2)7-10/h1-6,8-9,18H,7,16H2,(H2,15,17);3,8-9H,1,4-7H2,2H3. The number of nitrogens with two attached hydrogens (primary N) is 2. The average Bonchev–Trinajstić information content (AvgIpc) is 2.68. The van der Waals surface area contributed by atoms with Crippen LogP contribution in [0.25, 0.3) is 0 Å². The third-order valence-electron chi connectivity index (χ3n) is 4.52. The van der Waals surface area contributed by atoms with Crippen LogP contribution < -0.4 is 16.9 Å². The highest BCUT2D eigenvalue weighted by Gasteiger charge is 2.12. The second-order valence-electron chi connectivity index (χ2n) is 6.96. The van der Waals surface area contributed by atoms with Gasteiger partial charge >= 0.3 is 0 Å². The summed E-state index contributed by atoms with van der Waals surface area (Å²) in [7, 11) is 0. The molecule has 1 saturated heterocycles. The largest absolute Gasteiger partial charge is 0.508 e. The maximum atomic E-state index is 9.42. The third-order valence-corrected chi connectivity index (χ3v) is 4.52. The zero-order valence-electron chi connectivity index (χ0n) is 16.5. The van der Waals surface area contributed by atoms with Crippen molar-refractivity contribution in [1.29, 1.82) is 0 Å². The summed E-state index contributed by atoms with van der Waals surface area (Å²) in [5, 5.41) is 16.3. The number of aromatic hydroxyl groups is 1. The molecule has 1 atom stereocenters. The third kappa shape index (κ3) is 7.06. The molecular weight excluding hydrogens is 350 g/mol. The highest BCUT2D eigenvalue weighted by atomic mass is 16.3. The summed E-state index contributed by atoms with van der Waals surface area (Å²) in [6, 6.07) is 15.5. The Morgan fingerprint density at radius 2 is 2.00 bits per heavy atom. The molecule has 28 heavy (non-hydrogen) atoms. The molecule has 1 fully saturated rings. The number of hydrogen-bond donors (Lipinski definition) is 4. The summed E-state index contributed by atoms with van der Waals surface area (Å²) in [6.07, 6.45) is 2.69. The Labute approximate surface area is 167 Å². The van der Waals surface area contributed by atoms with Crippen LogP contribution >= 0.6 is 0 Å². The monoisotopic (exact) mass is 381 g/mol. The van der Waals surface area contributed by atoms with Gasteiger partial charge in [0.2, 0.25) is 0 Å². The molecule has 2 aromatic carbocycles. The van der Waals surface area contributed by atoms with E-state index in [-0.39, 0.29) is 5.75 Å². The van der Waals surface area contributed by atoms with Crippen molar-refractivity contribution in [2.24, 2.45) is 16.7 Å². The van der Waals surface area contributed by atoms with Crippen molar-refractivity contribution in [3.05, 3.63) is 77.9 Å². The molecule has 0 saturated carbocycles. The molecule has 3 rings (SSSR count). The Morgan fingerprint density at radius 3 is 2.64 bits per heavy atom. The van der Waals surface area contributed by atoms with Crippen LogP contribution in [-0.4, -0.2) is 48.1 Å². The van der Waals surface area contributed by atoms with Gasteiger partial charge in [0, 0.05) is 37.8 Å². The number of hydrogen-bond acceptors (Lipinski definition) is 5. The maximum Gasteiger partial charge on any atom is 0.150 e. The van der Waals surface area contributed by atoms with Crippen LogP contribution in [0.15, 0.2) is 66.3 Å². The molecule has 1 heterocycles. The van der Waals surface area contributed by atoms with Crippen molar-refractivity contribution < 1.29 is 5.11 Å². The van der Waals surface area contributed by atoms with E-state index in [9.17, 15) is 5.11 Å². The molecule has 0 spiro atoms. The van der Waals surface area contributed by atoms with E-state index in [4.69, 9.17) is 11.6 Å². The van der Waals surface area contributed by atoms with Crippen LogP contribution in [0.2, 0.25) is 0 Å². The van der Waals surface area contributed by atoms with E-state index in [1.165, 1.54) is 0 Å². The predicted octanol–water partition coefficient (Wildman–Crippen LogP) is 2.03. The highest BCUT2D eigenvalue weighted by Crippen LogP contribution is 2.16. The smallest absolute Gasteiger partial charge is 0.150 e. The predicted molar refractivity (Wildman–Crippen MR) is 116 cm³/mol. The number of phenols is 1. The minimum Gasteiger partial charge on any atom is -0.508 e. The van der Waals surface area contributed by atoms with Gasteiger partial charge in [-0.15, -0.1) is 6.58 Å². The SMILES string of the molecule is C=CCN1CCNC(C)C1.N/N=C(\N)c1cccc(Cc2cccc(O)c2)c1. The minimum absolute atomic E-state index is 0.270. The Balaban J connectivity index is 0.000000237. The second kappa shape index (κ2) is 11.1. The van der Waals surface area contributed by atoms with E-state index in [0.29, 0.717) is 11.9 Å². The fourth-order valence-electron chi connectivity index (χ4n) is 3.18. The lowest BCUT2D eigenvalue weighted by molar-refractivity contribution is 0.226. The Kier molecular flexibility index (Phi) is 8.52. The first-order chi connectivity index (χ1) is 13.5. The van der Waals surface area contributed by atoms with Gasteiger partial charge in [-0.1, -0.05) is 36.4 Å². The summed E-state index contributed by atoms with van der Waals surface area (Å²) in [5.74, 6) is 5.74. The molecule has 1 unspecified atom stereocenters. The molecule has 0 bridgehead atoms. The molecular formula is C22H31N5O. The number of nitrogens with zero attached hydrogens (tertiary/aromatic N) is 2. The molecule has 150 valence electrons. The molecule has 6 heteroatoms. The minimum atomic E-state index is 0.270. The summed E-state index contributed by atoms with van der Waals surface area (Å²) in [4.78, 5) is 2.41. The van der Waals surface area contributed by atoms with Crippen molar-refractivity contribution in [3.8, 4) is 5.75 Å². The van der Waals surface area contributed by atoms with E-state index in [1.54, 1.807) is 12.1 Å². The van der Waals surface area contributed by atoms with E-state index in [1.807, 2.05) is 42.5 Å². The average molecular weight is 382 g/mol. The van der Waals surface area contributed by atoms with Gasteiger partial charge in [0.25, 0.3) is 0 Å². The zero-order valence-corrected chi connectivity index (χ0v) is 16.5. The normalized spacial score (nSPS) is 17.5. The number of hydrazone groups is 1. The van der Waals surface area contributed by atoms with Gasteiger partial charge in [-0.05, 0) is 42.7 Å². The fourth-order valence-corrected chi connectivity index (χ4v) is 3.18. The van der Waals surface area contributed by atoms with Gasteiger partial charge in [-0.25, -0.2) is 0 Å². The van der Waals surface area contributed by atoms with E-state index >= 15 is 0 Å². The molecule has 6 N–H and O–H groups in total. The number of nitrogens with one attached hydrogen (secondary N) is 1. The van der Waals surface area contributed by atoms with Gasteiger partial charge < -0.3 is 22.0 Å². The topological polar surface area (TPSA) is 99.9 Å². The highest BCUT2D eigenvalue weighted by molar-refractivity contribution is 5.97. The molecule has 1 aliphatic heterocycles. The van der Waals surface area contributed by atoms with Crippen LogP contribution in [-0.2, 0) is 6.42 Å². The van der Waals surface area contributed by atoms with E-state index in [0.717, 1.165) is 49.3 Å². The van der Waals surface area contributed by atoms with E-state index < -0.39 is 0 Å². The maximum absolute atomic E-state index is 9.42. The quantitative estimate of drug-likeness (QED) is 0.209. The van der Waals surface area contributed by atoms with Gasteiger partial charge in [0.1, 0.15) is 11.6 Å². The number of rotatable bonds is 5. The van der Waals surface area contributed by atoms with Crippen LogP contribution in [0.3, 0.4) is 0 Å². The number of phenolic OH excluding ortho intramolecular Hbond substituents is 1. The number of amidine groups is 1. The molecule has 6 nitrogen and oxygen atoms in total. The van der Waals surface area contributed by atoms with Crippen molar-refractivity contribution >= 4 is 5.84 Å². The van der Waals surface area contributed by atoms with Gasteiger partial charge in [0.15, 0.2) is 0 Å². The van der Waals surface area contributed by atoms with Crippen molar-refractivity contribution in [2.75, 3.05) is 26.2 Å². The van der Waals surface area contributed by atoms with Gasteiger partial charge in [-0.2, -0.15) is 5.10 Å². The molecule has 0 radical (unpaired) electrons. The Bertz CT molecular complexity index is 790. The van der Waals surface area contributed by atoms with Crippen LogP contribution in [0, 0.1) is 0 Å².